The number of carbonyl (C=O) groups excluding carboxylic acids is 1. The fourth-order valence-corrected chi connectivity index (χ4v) is 3.15. The van der Waals surface area contributed by atoms with E-state index >= 15 is 0 Å². The Bertz CT molecular complexity index is 906. The van der Waals surface area contributed by atoms with Crippen molar-refractivity contribution in [2.45, 2.75) is 26.3 Å². The Morgan fingerprint density at radius 2 is 2.15 bits per heavy atom. The molecule has 0 aliphatic heterocycles. The fourth-order valence-electron chi connectivity index (χ4n) is 3.15. The molecule has 5 heteroatoms. The average molecular weight is 354 g/mol. The highest BCUT2D eigenvalue weighted by Gasteiger charge is 2.07. The van der Waals surface area contributed by atoms with Gasteiger partial charge in [0.05, 0.1) is 12.9 Å². The van der Waals surface area contributed by atoms with Crippen LogP contribution in [0.3, 0.4) is 0 Å². The Labute approximate surface area is 152 Å². The zero-order valence-corrected chi connectivity index (χ0v) is 15.1. The number of rotatable bonds is 6. The molecule has 0 atom stereocenters. The largest absolute Gasteiger partial charge is 0.501 e. The molecule has 0 bridgehead atoms. The van der Waals surface area contributed by atoms with Gasteiger partial charge in [-0.05, 0) is 49.3 Å². The molecule has 3 rings (SSSR count). The highest BCUT2D eigenvalue weighted by Crippen LogP contribution is 2.21. The number of hydrogen-bond donors (Lipinski definition) is 1. The first-order valence-corrected chi connectivity index (χ1v) is 8.72. The molecule has 0 unspecified atom stereocenters. The second-order valence-electron chi connectivity index (χ2n) is 6.34. The number of aromatic nitrogens is 1. The van der Waals surface area contributed by atoms with Gasteiger partial charge in [0.25, 0.3) is 0 Å². The van der Waals surface area contributed by atoms with Gasteiger partial charge in [-0.2, -0.15) is 0 Å². The lowest BCUT2D eigenvalue weighted by Gasteiger charge is -2.11. The molecule has 0 fully saturated rings. The minimum Gasteiger partial charge on any atom is -0.501 e. The molecule has 0 spiro atoms. The molecule has 1 aromatic heterocycles. The predicted octanol–water partition coefficient (Wildman–Crippen LogP) is 4.01. The summed E-state index contributed by atoms with van der Waals surface area (Å²) in [6.07, 6.45) is 9.04. The van der Waals surface area contributed by atoms with Gasteiger partial charge in [0.1, 0.15) is 5.82 Å². The monoisotopic (exact) mass is 354 g/mol. The van der Waals surface area contributed by atoms with E-state index in [1.54, 1.807) is 19.3 Å². The van der Waals surface area contributed by atoms with Gasteiger partial charge in [0.15, 0.2) is 0 Å². The van der Waals surface area contributed by atoms with Gasteiger partial charge in [-0.25, -0.2) is 4.39 Å². The number of methoxy groups -OCH3 is 1. The molecule has 1 aromatic carbocycles. The van der Waals surface area contributed by atoms with Crippen LogP contribution in [0, 0.1) is 12.7 Å². The van der Waals surface area contributed by atoms with Crippen LogP contribution in [-0.2, 0) is 16.1 Å². The normalized spacial score (nSPS) is 14.4. The third-order valence-electron chi connectivity index (χ3n) is 4.56. The topological polar surface area (TPSA) is 43.3 Å². The molecule has 1 amide bonds. The first-order chi connectivity index (χ1) is 12.6. The molecular weight excluding hydrogens is 331 g/mol. The standard InChI is InChI=1S/C21H23FN2O2/c1-15-13-17-14-18(22)6-9-20(17)24(15)12-11-23-21(25)10-5-16-3-7-19(26-2)8-4-16/h3,5-7,9-10,13-14H,4,8,11-12H2,1-2H3,(H,23,25). The summed E-state index contributed by atoms with van der Waals surface area (Å²) in [4.78, 5) is 12.0. The molecule has 1 aliphatic rings. The van der Waals surface area contributed by atoms with Crippen molar-refractivity contribution in [3.63, 3.8) is 0 Å². The second-order valence-corrected chi connectivity index (χ2v) is 6.34. The van der Waals surface area contributed by atoms with Crippen LogP contribution in [0.2, 0.25) is 0 Å². The maximum Gasteiger partial charge on any atom is 0.244 e. The van der Waals surface area contributed by atoms with Gasteiger partial charge in [-0.15, -0.1) is 0 Å². The highest BCUT2D eigenvalue weighted by atomic mass is 19.1. The second kappa shape index (κ2) is 8.04. The fraction of sp³-hybridized carbons (Fsp3) is 0.286. The van der Waals surface area contributed by atoms with Crippen LogP contribution in [0.5, 0.6) is 0 Å². The van der Waals surface area contributed by atoms with Crippen LogP contribution in [0.15, 0.2) is 59.9 Å². The van der Waals surface area contributed by atoms with E-state index in [4.69, 9.17) is 4.74 Å². The molecule has 1 aliphatic carbocycles. The van der Waals surface area contributed by atoms with E-state index in [0.29, 0.717) is 13.1 Å². The maximum atomic E-state index is 13.3. The lowest BCUT2D eigenvalue weighted by molar-refractivity contribution is -0.116. The van der Waals surface area contributed by atoms with E-state index in [-0.39, 0.29) is 11.7 Å². The lowest BCUT2D eigenvalue weighted by atomic mass is 10.0. The molecule has 0 saturated carbocycles. The molecule has 4 nitrogen and oxygen atoms in total. The van der Waals surface area contributed by atoms with Gasteiger partial charge < -0.3 is 14.6 Å². The van der Waals surface area contributed by atoms with Gasteiger partial charge in [-0.3, -0.25) is 4.79 Å². The first kappa shape index (κ1) is 18.0. The summed E-state index contributed by atoms with van der Waals surface area (Å²) in [6, 6.07) is 6.72. The summed E-state index contributed by atoms with van der Waals surface area (Å²) >= 11 is 0. The van der Waals surface area contributed by atoms with Crippen LogP contribution in [0.25, 0.3) is 10.9 Å². The number of amides is 1. The number of carbonyl (C=O) groups is 1. The van der Waals surface area contributed by atoms with E-state index in [9.17, 15) is 9.18 Å². The number of nitrogens with zero attached hydrogens (tertiary/aromatic N) is 1. The van der Waals surface area contributed by atoms with Gasteiger partial charge in [0.2, 0.25) is 5.91 Å². The summed E-state index contributed by atoms with van der Waals surface area (Å²) in [5.41, 5.74) is 3.13. The summed E-state index contributed by atoms with van der Waals surface area (Å²) < 4.78 is 20.6. The third kappa shape index (κ3) is 4.23. The minimum atomic E-state index is -0.238. The number of hydrogen-bond acceptors (Lipinski definition) is 2. The third-order valence-corrected chi connectivity index (χ3v) is 4.56. The number of halogens is 1. The lowest BCUT2D eigenvalue weighted by Crippen LogP contribution is -2.25. The Hall–Kier alpha value is -2.82. The van der Waals surface area contributed by atoms with Crippen LogP contribution in [0.4, 0.5) is 4.39 Å². The number of allylic oxidation sites excluding steroid dienone is 5. The van der Waals surface area contributed by atoms with Crippen molar-refractivity contribution < 1.29 is 13.9 Å². The van der Waals surface area contributed by atoms with Crippen LogP contribution >= 0.6 is 0 Å². The summed E-state index contributed by atoms with van der Waals surface area (Å²) in [6.45, 7) is 3.14. The first-order valence-electron chi connectivity index (χ1n) is 8.72. The summed E-state index contributed by atoms with van der Waals surface area (Å²) in [7, 11) is 1.67. The van der Waals surface area contributed by atoms with Gasteiger partial charge in [0, 0.05) is 42.2 Å². The van der Waals surface area contributed by atoms with E-state index in [0.717, 1.165) is 40.8 Å². The molecular formula is C21H23FN2O2. The summed E-state index contributed by atoms with van der Waals surface area (Å²) in [5.74, 6) is 0.603. The van der Waals surface area contributed by atoms with Crippen molar-refractivity contribution in [2.75, 3.05) is 13.7 Å². The average Bonchev–Trinajstić information content (AvgIpc) is 2.95. The van der Waals surface area contributed by atoms with Crippen LogP contribution in [0.1, 0.15) is 18.5 Å². The van der Waals surface area contributed by atoms with Crippen molar-refractivity contribution in [2.24, 2.45) is 0 Å². The molecule has 26 heavy (non-hydrogen) atoms. The highest BCUT2D eigenvalue weighted by molar-refractivity contribution is 5.88. The zero-order chi connectivity index (χ0) is 18.5. The Balaban J connectivity index is 1.54. The van der Waals surface area contributed by atoms with Crippen molar-refractivity contribution in [3.05, 3.63) is 71.4 Å². The van der Waals surface area contributed by atoms with Crippen molar-refractivity contribution in [1.29, 1.82) is 0 Å². The van der Waals surface area contributed by atoms with Crippen LogP contribution in [-0.4, -0.2) is 24.1 Å². The summed E-state index contributed by atoms with van der Waals surface area (Å²) in [5, 5.41) is 3.77. The van der Waals surface area contributed by atoms with Crippen LogP contribution < -0.4 is 5.32 Å². The molecule has 0 saturated heterocycles. The van der Waals surface area contributed by atoms with Crippen molar-refractivity contribution in [1.82, 2.24) is 9.88 Å². The predicted molar refractivity (Wildman–Crippen MR) is 101 cm³/mol. The Morgan fingerprint density at radius 1 is 1.31 bits per heavy atom. The van der Waals surface area contributed by atoms with Gasteiger partial charge >= 0.3 is 0 Å². The Morgan fingerprint density at radius 3 is 2.88 bits per heavy atom. The SMILES string of the molecule is COC1=CC=C(C=CC(=O)NCCn2c(C)cc3cc(F)ccc32)CC1. The van der Waals surface area contributed by atoms with E-state index in [2.05, 4.69) is 9.88 Å². The Kier molecular flexibility index (Phi) is 5.56. The molecule has 2 aromatic rings. The molecule has 136 valence electrons. The van der Waals surface area contributed by atoms with E-state index in [1.165, 1.54) is 12.1 Å². The van der Waals surface area contributed by atoms with E-state index in [1.807, 2.05) is 31.2 Å². The van der Waals surface area contributed by atoms with Gasteiger partial charge in [-0.1, -0.05) is 12.2 Å². The molecule has 1 N–H and O–H groups in total. The van der Waals surface area contributed by atoms with Crippen molar-refractivity contribution in [3.8, 4) is 0 Å². The molecule has 0 radical (unpaired) electrons. The smallest absolute Gasteiger partial charge is 0.244 e. The number of aryl methyl sites for hydroxylation is 1. The quantitative estimate of drug-likeness (QED) is 0.797. The number of nitrogens with one attached hydrogen (secondary N) is 1. The van der Waals surface area contributed by atoms with E-state index < -0.39 is 0 Å². The van der Waals surface area contributed by atoms with Crippen molar-refractivity contribution >= 4 is 16.8 Å². The number of ether oxygens (including phenoxy) is 1. The zero-order valence-electron chi connectivity index (χ0n) is 15.1. The minimum absolute atomic E-state index is 0.118. The maximum absolute atomic E-state index is 13.3. The number of benzene rings is 1. The molecule has 1 heterocycles. The number of fused-ring (bicyclic) bond motifs is 1.